The van der Waals surface area contributed by atoms with Gasteiger partial charge in [-0.1, -0.05) is 39.0 Å². The van der Waals surface area contributed by atoms with Crippen molar-refractivity contribution in [2.24, 2.45) is 11.8 Å². The highest BCUT2D eigenvalue weighted by Gasteiger charge is 2.20. The molecule has 1 fully saturated rings. The summed E-state index contributed by atoms with van der Waals surface area (Å²) in [5.74, 6) is 2.05. The topological polar surface area (TPSA) is 12.0 Å². The minimum Gasteiger partial charge on any atom is -0.319 e. The molecule has 72 valence electrons. The van der Waals surface area contributed by atoms with Gasteiger partial charge in [0, 0.05) is 0 Å². The van der Waals surface area contributed by atoms with Gasteiger partial charge < -0.3 is 5.32 Å². The molecule has 1 atom stereocenters. The first-order chi connectivity index (χ1) is 5.86. The summed E-state index contributed by atoms with van der Waals surface area (Å²) in [4.78, 5) is 0. The summed E-state index contributed by atoms with van der Waals surface area (Å²) in [6, 6.07) is 0. The molecule has 1 saturated carbocycles. The molecule has 12 heavy (non-hydrogen) atoms. The molecule has 1 unspecified atom stereocenters. The maximum Gasteiger partial charge on any atom is -0.00236 e. The van der Waals surface area contributed by atoms with Crippen molar-refractivity contribution in [3.05, 3.63) is 0 Å². The van der Waals surface area contributed by atoms with Crippen LogP contribution in [-0.4, -0.2) is 13.6 Å². The summed E-state index contributed by atoms with van der Waals surface area (Å²) in [6.45, 7) is 3.51. The zero-order valence-electron chi connectivity index (χ0n) is 8.60. The van der Waals surface area contributed by atoms with Crippen LogP contribution in [0.2, 0.25) is 0 Å². The van der Waals surface area contributed by atoms with Crippen LogP contribution in [0, 0.1) is 11.8 Å². The van der Waals surface area contributed by atoms with E-state index in [1.165, 1.54) is 45.1 Å². The summed E-state index contributed by atoms with van der Waals surface area (Å²) in [6.07, 6.45) is 8.77. The maximum atomic E-state index is 3.27. The monoisotopic (exact) mass is 169 g/mol. The summed E-state index contributed by atoms with van der Waals surface area (Å²) in [5, 5.41) is 3.27. The molecule has 1 aliphatic carbocycles. The van der Waals surface area contributed by atoms with Crippen LogP contribution >= 0.6 is 0 Å². The van der Waals surface area contributed by atoms with Gasteiger partial charge in [-0.2, -0.15) is 0 Å². The zero-order chi connectivity index (χ0) is 8.81. The largest absolute Gasteiger partial charge is 0.319 e. The molecule has 1 N–H and O–H groups in total. The number of hydrogen-bond donors (Lipinski definition) is 1. The third-order valence-electron chi connectivity index (χ3n) is 2.99. The molecular formula is C11H23N. The van der Waals surface area contributed by atoms with Gasteiger partial charge in [0.25, 0.3) is 0 Å². The van der Waals surface area contributed by atoms with Gasteiger partial charge in [0.2, 0.25) is 0 Å². The summed E-state index contributed by atoms with van der Waals surface area (Å²) < 4.78 is 0. The van der Waals surface area contributed by atoms with E-state index >= 15 is 0 Å². The van der Waals surface area contributed by atoms with Gasteiger partial charge in [0.1, 0.15) is 0 Å². The number of rotatable bonds is 7. The first-order valence-electron chi connectivity index (χ1n) is 5.51. The Balaban J connectivity index is 1.93. The number of nitrogens with one attached hydrogen (secondary N) is 1. The molecule has 0 radical (unpaired) electrons. The second kappa shape index (κ2) is 5.58. The maximum absolute atomic E-state index is 3.27. The lowest BCUT2D eigenvalue weighted by Gasteiger charge is -2.13. The van der Waals surface area contributed by atoms with Gasteiger partial charge in [-0.05, 0) is 31.8 Å². The molecule has 0 aromatic rings. The summed E-state index contributed by atoms with van der Waals surface area (Å²) >= 11 is 0. The van der Waals surface area contributed by atoms with Crippen LogP contribution < -0.4 is 5.32 Å². The van der Waals surface area contributed by atoms with Crippen LogP contribution in [-0.2, 0) is 0 Å². The normalized spacial score (nSPS) is 19.5. The average Bonchev–Trinajstić information content (AvgIpc) is 2.87. The first-order valence-corrected chi connectivity index (χ1v) is 5.51. The zero-order valence-corrected chi connectivity index (χ0v) is 8.60. The third-order valence-corrected chi connectivity index (χ3v) is 2.99. The van der Waals surface area contributed by atoms with Gasteiger partial charge in [-0.15, -0.1) is 0 Å². The van der Waals surface area contributed by atoms with Crippen molar-refractivity contribution >= 4 is 0 Å². The first kappa shape index (κ1) is 10.0. The highest BCUT2D eigenvalue weighted by atomic mass is 14.8. The molecule has 0 aromatic heterocycles. The van der Waals surface area contributed by atoms with E-state index in [-0.39, 0.29) is 0 Å². The van der Waals surface area contributed by atoms with Gasteiger partial charge in [-0.3, -0.25) is 0 Å². The van der Waals surface area contributed by atoms with Crippen molar-refractivity contribution in [1.82, 2.24) is 5.32 Å². The lowest BCUT2D eigenvalue weighted by Crippen LogP contribution is -2.18. The summed E-state index contributed by atoms with van der Waals surface area (Å²) in [7, 11) is 2.06. The van der Waals surface area contributed by atoms with Crippen LogP contribution in [0.3, 0.4) is 0 Å². The Hall–Kier alpha value is -0.0400. The Morgan fingerprint density at radius 3 is 2.67 bits per heavy atom. The number of hydrogen-bond acceptors (Lipinski definition) is 1. The van der Waals surface area contributed by atoms with E-state index < -0.39 is 0 Å². The molecule has 0 aliphatic heterocycles. The second-order valence-corrected chi connectivity index (χ2v) is 4.21. The molecule has 1 nitrogen and oxygen atoms in total. The Bertz CT molecular complexity index is 108. The van der Waals surface area contributed by atoms with Gasteiger partial charge in [0.05, 0.1) is 0 Å². The SMILES string of the molecule is CCC(CCCC1CC1)CNC. The predicted octanol–water partition coefficient (Wildman–Crippen LogP) is 2.81. The lowest BCUT2D eigenvalue weighted by atomic mass is 9.98. The van der Waals surface area contributed by atoms with Gasteiger partial charge in [0.15, 0.2) is 0 Å². The Labute approximate surface area is 76.9 Å². The molecule has 1 heteroatoms. The van der Waals surface area contributed by atoms with E-state index in [4.69, 9.17) is 0 Å². The Morgan fingerprint density at radius 2 is 2.17 bits per heavy atom. The molecule has 0 heterocycles. The van der Waals surface area contributed by atoms with Crippen LogP contribution in [0.15, 0.2) is 0 Å². The minimum atomic E-state index is 0.925. The van der Waals surface area contributed by atoms with Crippen molar-refractivity contribution in [2.45, 2.75) is 45.4 Å². The average molecular weight is 169 g/mol. The molecule has 0 saturated heterocycles. The van der Waals surface area contributed by atoms with E-state index in [9.17, 15) is 0 Å². The second-order valence-electron chi connectivity index (χ2n) is 4.21. The van der Waals surface area contributed by atoms with Crippen molar-refractivity contribution in [3.8, 4) is 0 Å². The van der Waals surface area contributed by atoms with Crippen molar-refractivity contribution < 1.29 is 0 Å². The lowest BCUT2D eigenvalue weighted by molar-refractivity contribution is 0.423. The van der Waals surface area contributed by atoms with Crippen LogP contribution in [0.5, 0.6) is 0 Å². The van der Waals surface area contributed by atoms with E-state index in [1.54, 1.807) is 0 Å². The highest BCUT2D eigenvalue weighted by molar-refractivity contribution is 4.73. The molecule has 1 aliphatic rings. The fourth-order valence-corrected chi connectivity index (χ4v) is 1.84. The molecule has 0 spiro atoms. The fraction of sp³-hybridized carbons (Fsp3) is 1.00. The molecule has 0 amide bonds. The predicted molar refractivity (Wildman–Crippen MR) is 54.3 cm³/mol. The highest BCUT2D eigenvalue weighted by Crippen LogP contribution is 2.34. The van der Waals surface area contributed by atoms with Crippen molar-refractivity contribution in [3.63, 3.8) is 0 Å². The molecule has 1 rings (SSSR count). The molecular weight excluding hydrogens is 146 g/mol. The van der Waals surface area contributed by atoms with Crippen molar-refractivity contribution in [2.75, 3.05) is 13.6 Å². The van der Waals surface area contributed by atoms with Crippen LogP contribution in [0.1, 0.15) is 45.4 Å². The minimum absolute atomic E-state index is 0.925. The quantitative estimate of drug-likeness (QED) is 0.618. The Kier molecular flexibility index (Phi) is 4.67. The fourth-order valence-electron chi connectivity index (χ4n) is 1.84. The van der Waals surface area contributed by atoms with Crippen molar-refractivity contribution in [1.29, 1.82) is 0 Å². The van der Waals surface area contributed by atoms with E-state index in [0.717, 1.165) is 11.8 Å². The molecule has 0 aromatic carbocycles. The van der Waals surface area contributed by atoms with Gasteiger partial charge in [-0.25, -0.2) is 0 Å². The standard InChI is InChI=1S/C11H23N/c1-3-10(9-12-2)5-4-6-11-7-8-11/h10-12H,3-9H2,1-2H3. The molecule has 0 bridgehead atoms. The van der Waals surface area contributed by atoms with Crippen LogP contribution in [0.4, 0.5) is 0 Å². The van der Waals surface area contributed by atoms with E-state index in [1.807, 2.05) is 0 Å². The Morgan fingerprint density at radius 1 is 1.42 bits per heavy atom. The summed E-state index contributed by atoms with van der Waals surface area (Å²) in [5.41, 5.74) is 0. The van der Waals surface area contributed by atoms with E-state index in [0.29, 0.717) is 0 Å². The smallest absolute Gasteiger partial charge is 0.00236 e. The van der Waals surface area contributed by atoms with Gasteiger partial charge >= 0.3 is 0 Å². The third kappa shape index (κ3) is 4.10. The van der Waals surface area contributed by atoms with Crippen LogP contribution in [0.25, 0.3) is 0 Å². The van der Waals surface area contributed by atoms with E-state index in [2.05, 4.69) is 19.3 Å².